The number of fused-ring (bicyclic) bond motifs is 5. The van der Waals surface area contributed by atoms with E-state index in [9.17, 15) is 4.79 Å². The Bertz CT molecular complexity index is 1290. The maximum atomic E-state index is 12.8. The van der Waals surface area contributed by atoms with Crippen molar-refractivity contribution in [1.29, 1.82) is 0 Å². The molecule has 110 valence electrons. The maximum absolute atomic E-state index is 12.8. The van der Waals surface area contributed by atoms with E-state index in [0.29, 0.717) is 27.5 Å². The summed E-state index contributed by atoms with van der Waals surface area (Å²) in [5, 5.41) is 3.14. The van der Waals surface area contributed by atoms with Crippen LogP contribution in [0.4, 0.5) is 0 Å². The first-order valence-corrected chi connectivity index (χ1v) is 7.49. The lowest BCUT2D eigenvalue weighted by molar-refractivity contribution is 0.656. The summed E-state index contributed by atoms with van der Waals surface area (Å²) in [4.78, 5) is 12.8. The number of rotatable bonds is 0. The van der Waals surface area contributed by atoms with Gasteiger partial charge >= 0.3 is 0 Å². The first-order valence-electron chi connectivity index (χ1n) is 7.49. The van der Waals surface area contributed by atoms with Crippen molar-refractivity contribution in [2.24, 2.45) is 0 Å². The van der Waals surface area contributed by atoms with Gasteiger partial charge in [-0.1, -0.05) is 29.8 Å². The molecule has 3 heteroatoms. The third-order valence-electron chi connectivity index (χ3n) is 4.32. The summed E-state index contributed by atoms with van der Waals surface area (Å²) in [5.41, 5.74) is 3.73. The molecule has 0 aliphatic heterocycles. The van der Waals surface area contributed by atoms with Gasteiger partial charge in [-0.05, 0) is 37.3 Å². The minimum atomic E-state index is -0.0210. The van der Waals surface area contributed by atoms with Crippen molar-refractivity contribution in [3.8, 4) is 0 Å². The van der Waals surface area contributed by atoms with Crippen LogP contribution in [-0.4, -0.2) is 0 Å². The average Bonchev–Trinajstić information content (AvgIpc) is 2.92. The molecule has 0 N–H and O–H groups in total. The van der Waals surface area contributed by atoms with Crippen LogP contribution in [0.1, 0.15) is 5.56 Å². The maximum Gasteiger partial charge on any atom is 0.200 e. The van der Waals surface area contributed by atoms with Gasteiger partial charge in [0.1, 0.15) is 22.3 Å². The van der Waals surface area contributed by atoms with Gasteiger partial charge in [0.25, 0.3) is 0 Å². The lowest BCUT2D eigenvalue weighted by Gasteiger charge is -2.02. The molecule has 0 bridgehead atoms. The summed E-state index contributed by atoms with van der Waals surface area (Å²) in [7, 11) is 0. The lowest BCUT2D eigenvalue weighted by atomic mass is 10.1. The van der Waals surface area contributed by atoms with Crippen molar-refractivity contribution in [2.45, 2.75) is 6.92 Å². The molecule has 0 aliphatic carbocycles. The van der Waals surface area contributed by atoms with Crippen LogP contribution >= 0.6 is 0 Å². The number of para-hydroxylation sites is 1. The molecule has 0 saturated carbocycles. The second-order valence-electron chi connectivity index (χ2n) is 5.87. The second kappa shape index (κ2) is 4.23. The lowest BCUT2D eigenvalue weighted by Crippen LogP contribution is -2.02. The fraction of sp³-hybridized carbons (Fsp3) is 0.0500. The molecule has 2 heterocycles. The Morgan fingerprint density at radius 2 is 1.30 bits per heavy atom. The monoisotopic (exact) mass is 300 g/mol. The molecule has 3 nitrogen and oxygen atoms in total. The van der Waals surface area contributed by atoms with Gasteiger partial charge in [-0.15, -0.1) is 0 Å². The first-order chi connectivity index (χ1) is 11.2. The highest BCUT2D eigenvalue weighted by Crippen LogP contribution is 2.32. The molecule has 0 fully saturated rings. The molecule has 3 aromatic carbocycles. The predicted octanol–water partition coefficient (Wildman–Crippen LogP) is 5.15. The van der Waals surface area contributed by atoms with Gasteiger partial charge in [-0.25, -0.2) is 0 Å². The van der Waals surface area contributed by atoms with Gasteiger partial charge in [0, 0.05) is 10.8 Å². The van der Waals surface area contributed by atoms with Crippen molar-refractivity contribution in [1.82, 2.24) is 0 Å². The predicted molar refractivity (Wildman–Crippen MR) is 92.0 cm³/mol. The number of hydrogen-bond acceptors (Lipinski definition) is 3. The Kier molecular flexibility index (Phi) is 2.29. The van der Waals surface area contributed by atoms with Gasteiger partial charge in [-0.2, -0.15) is 0 Å². The molecule has 0 radical (unpaired) electrons. The smallest absolute Gasteiger partial charge is 0.200 e. The van der Waals surface area contributed by atoms with Crippen LogP contribution < -0.4 is 5.43 Å². The minimum absolute atomic E-state index is 0.0210. The van der Waals surface area contributed by atoms with Gasteiger partial charge in [-0.3, -0.25) is 4.79 Å². The zero-order chi connectivity index (χ0) is 15.6. The first kappa shape index (κ1) is 12.5. The van der Waals surface area contributed by atoms with E-state index in [1.165, 1.54) is 0 Å². The summed E-state index contributed by atoms with van der Waals surface area (Å²) >= 11 is 0. The quantitative estimate of drug-likeness (QED) is 0.371. The van der Waals surface area contributed by atoms with E-state index in [1.54, 1.807) is 6.07 Å². The van der Waals surface area contributed by atoms with Crippen molar-refractivity contribution in [3.05, 3.63) is 70.4 Å². The number of benzene rings is 3. The third kappa shape index (κ3) is 1.67. The molecule has 0 amide bonds. The topological polar surface area (TPSA) is 43.4 Å². The van der Waals surface area contributed by atoms with Gasteiger partial charge in [0.2, 0.25) is 5.43 Å². The van der Waals surface area contributed by atoms with Crippen LogP contribution in [0.25, 0.3) is 43.9 Å². The molecule has 2 aromatic heterocycles. The summed E-state index contributed by atoms with van der Waals surface area (Å²) < 4.78 is 11.8. The van der Waals surface area contributed by atoms with Crippen molar-refractivity contribution in [3.63, 3.8) is 0 Å². The van der Waals surface area contributed by atoms with Gasteiger partial charge in [0.05, 0.1) is 10.8 Å². The Balaban J connectivity index is 2.02. The molecule has 5 aromatic rings. The largest absolute Gasteiger partial charge is 0.456 e. The van der Waals surface area contributed by atoms with Gasteiger partial charge < -0.3 is 8.83 Å². The van der Waals surface area contributed by atoms with Crippen molar-refractivity contribution < 1.29 is 8.83 Å². The fourth-order valence-electron chi connectivity index (χ4n) is 3.19. The minimum Gasteiger partial charge on any atom is -0.456 e. The van der Waals surface area contributed by atoms with Crippen LogP contribution in [0.3, 0.4) is 0 Å². The van der Waals surface area contributed by atoms with E-state index in [-0.39, 0.29) is 5.43 Å². The van der Waals surface area contributed by atoms with E-state index in [0.717, 1.165) is 21.9 Å². The van der Waals surface area contributed by atoms with E-state index in [2.05, 4.69) is 0 Å². The molecule has 0 unspecified atom stereocenters. The highest BCUT2D eigenvalue weighted by molar-refractivity contribution is 6.09. The number of furan rings is 1. The van der Waals surface area contributed by atoms with Crippen LogP contribution in [0.5, 0.6) is 0 Å². The summed E-state index contributed by atoms with van der Waals surface area (Å²) in [6.45, 7) is 1.96. The SMILES string of the molecule is Cc1ccc2oc3cc4c(cc3c(=O)c2c1)oc1ccccc14. The number of hydrogen-bond donors (Lipinski definition) is 0. The van der Waals surface area contributed by atoms with Crippen LogP contribution in [0.2, 0.25) is 0 Å². The average molecular weight is 300 g/mol. The highest BCUT2D eigenvalue weighted by atomic mass is 16.3. The summed E-state index contributed by atoms with van der Waals surface area (Å²) in [6, 6.07) is 17.2. The van der Waals surface area contributed by atoms with Crippen LogP contribution in [0.15, 0.2) is 68.2 Å². The zero-order valence-electron chi connectivity index (χ0n) is 12.4. The normalized spacial score (nSPS) is 11.9. The van der Waals surface area contributed by atoms with Crippen LogP contribution in [0, 0.1) is 6.92 Å². The summed E-state index contributed by atoms with van der Waals surface area (Å²) in [6.07, 6.45) is 0. The summed E-state index contributed by atoms with van der Waals surface area (Å²) in [5.74, 6) is 0. The van der Waals surface area contributed by atoms with Gasteiger partial charge in [0.15, 0.2) is 0 Å². The standard InChI is InChI=1S/C20H12O3/c1-11-6-7-17-14(8-11)20(21)15-10-18-13(9-19(15)23-17)12-4-2-3-5-16(12)22-18/h2-10H,1H3. The molecule has 0 aliphatic rings. The molecule has 0 atom stereocenters. The third-order valence-corrected chi connectivity index (χ3v) is 4.32. The van der Waals surface area contributed by atoms with Crippen molar-refractivity contribution in [2.75, 3.05) is 0 Å². The Labute approximate surface area is 130 Å². The molecule has 0 saturated heterocycles. The Hall–Kier alpha value is -3.07. The second-order valence-corrected chi connectivity index (χ2v) is 5.87. The number of aryl methyl sites for hydroxylation is 1. The van der Waals surface area contributed by atoms with Crippen LogP contribution in [-0.2, 0) is 0 Å². The fourth-order valence-corrected chi connectivity index (χ4v) is 3.19. The molecular formula is C20H12O3. The van der Waals surface area contributed by atoms with E-state index in [1.807, 2.05) is 55.5 Å². The molecule has 5 rings (SSSR count). The Morgan fingerprint density at radius 1 is 0.652 bits per heavy atom. The van der Waals surface area contributed by atoms with Crippen molar-refractivity contribution >= 4 is 43.9 Å². The van der Waals surface area contributed by atoms with E-state index < -0.39 is 0 Å². The van der Waals surface area contributed by atoms with E-state index in [4.69, 9.17) is 8.83 Å². The highest BCUT2D eigenvalue weighted by Gasteiger charge is 2.13. The molecule has 0 spiro atoms. The zero-order valence-corrected chi connectivity index (χ0v) is 12.4. The Morgan fingerprint density at radius 3 is 2.17 bits per heavy atom. The molecule has 23 heavy (non-hydrogen) atoms. The van der Waals surface area contributed by atoms with E-state index >= 15 is 0 Å². The molecular weight excluding hydrogens is 288 g/mol.